The SMILES string of the molecule is CC(N)C(=O)NC(C(=O)N1CCCC1C(=O)NC(CCCN=C(N)N)C(=O)O)C(C)O. The molecule has 31 heavy (non-hydrogen) atoms. The van der Waals surface area contributed by atoms with Crippen molar-refractivity contribution in [1.29, 1.82) is 0 Å². The number of carbonyl (C=O) groups is 4. The van der Waals surface area contributed by atoms with Gasteiger partial charge in [0.2, 0.25) is 17.7 Å². The number of carbonyl (C=O) groups excluding carboxylic acids is 3. The molecule has 0 aromatic rings. The number of carboxylic acids is 1. The van der Waals surface area contributed by atoms with Crippen molar-refractivity contribution < 1.29 is 29.4 Å². The first-order chi connectivity index (χ1) is 14.5. The number of nitrogens with zero attached hydrogens (tertiary/aromatic N) is 2. The Hall–Kier alpha value is -2.93. The third-order valence-corrected chi connectivity index (χ3v) is 4.86. The molecule has 1 aliphatic heterocycles. The lowest BCUT2D eigenvalue weighted by Gasteiger charge is -2.30. The van der Waals surface area contributed by atoms with Crippen molar-refractivity contribution in [3.05, 3.63) is 0 Å². The van der Waals surface area contributed by atoms with Gasteiger partial charge in [-0.25, -0.2) is 4.79 Å². The van der Waals surface area contributed by atoms with Gasteiger partial charge in [-0.05, 0) is 39.5 Å². The molecule has 1 fully saturated rings. The van der Waals surface area contributed by atoms with Gasteiger partial charge in [0.15, 0.2) is 5.96 Å². The molecule has 0 saturated carbocycles. The zero-order valence-electron chi connectivity index (χ0n) is 17.8. The summed E-state index contributed by atoms with van der Waals surface area (Å²) in [5.74, 6) is -3.21. The first-order valence-electron chi connectivity index (χ1n) is 10.1. The highest BCUT2D eigenvalue weighted by atomic mass is 16.4. The van der Waals surface area contributed by atoms with Crippen LogP contribution < -0.4 is 27.8 Å². The van der Waals surface area contributed by atoms with Crippen LogP contribution in [0.1, 0.15) is 39.5 Å². The molecule has 1 saturated heterocycles. The van der Waals surface area contributed by atoms with Gasteiger partial charge in [-0.15, -0.1) is 0 Å². The van der Waals surface area contributed by atoms with E-state index < -0.39 is 54.0 Å². The fourth-order valence-electron chi connectivity index (χ4n) is 3.18. The van der Waals surface area contributed by atoms with Crippen LogP contribution in [0.5, 0.6) is 0 Å². The Bertz CT molecular complexity index is 693. The van der Waals surface area contributed by atoms with E-state index in [4.69, 9.17) is 17.2 Å². The normalized spacial score (nSPS) is 19.6. The summed E-state index contributed by atoms with van der Waals surface area (Å²) in [6, 6.07) is -4.26. The number of carboxylic acid groups (broad SMARTS) is 1. The fraction of sp³-hybridized carbons (Fsp3) is 0.722. The van der Waals surface area contributed by atoms with E-state index in [0.717, 1.165) is 0 Å². The number of nitrogens with two attached hydrogens (primary N) is 3. The van der Waals surface area contributed by atoms with Gasteiger partial charge in [-0.1, -0.05) is 0 Å². The van der Waals surface area contributed by atoms with E-state index in [9.17, 15) is 29.4 Å². The van der Waals surface area contributed by atoms with Crippen LogP contribution in [0.25, 0.3) is 0 Å². The highest BCUT2D eigenvalue weighted by Gasteiger charge is 2.40. The van der Waals surface area contributed by atoms with E-state index in [2.05, 4.69) is 15.6 Å². The quantitative estimate of drug-likeness (QED) is 0.0968. The zero-order chi connectivity index (χ0) is 23.7. The number of likely N-dealkylation sites (tertiary alicyclic amines) is 1. The third-order valence-electron chi connectivity index (χ3n) is 4.86. The van der Waals surface area contributed by atoms with E-state index in [1.165, 1.54) is 18.7 Å². The van der Waals surface area contributed by atoms with Crippen molar-refractivity contribution in [3.63, 3.8) is 0 Å². The van der Waals surface area contributed by atoms with E-state index in [1.807, 2.05) is 0 Å². The number of rotatable bonds is 11. The molecule has 0 aromatic heterocycles. The highest BCUT2D eigenvalue weighted by molar-refractivity contribution is 5.94. The predicted molar refractivity (Wildman–Crippen MR) is 111 cm³/mol. The van der Waals surface area contributed by atoms with E-state index >= 15 is 0 Å². The molecule has 10 N–H and O–H groups in total. The van der Waals surface area contributed by atoms with Crippen molar-refractivity contribution in [2.75, 3.05) is 13.1 Å². The summed E-state index contributed by atoms with van der Waals surface area (Å²) in [5, 5.41) is 24.2. The lowest BCUT2D eigenvalue weighted by atomic mass is 10.1. The van der Waals surface area contributed by atoms with Gasteiger partial charge in [0.25, 0.3) is 0 Å². The summed E-state index contributed by atoms with van der Waals surface area (Å²) in [7, 11) is 0. The van der Waals surface area contributed by atoms with Crippen molar-refractivity contribution in [2.24, 2.45) is 22.2 Å². The smallest absolute Gasteiger partial charge is 0.326 e. The number of aliphatic hydroxyl groups is 1. The third kappa shape index (κ3) is 8.02. The Labute approximate surface area is 180 Å². The molecule has 13 heteroatoms. The molecule has 1 aliphatic rings. The minimum atomic E-state index is -1.28. The first-order valence-corrected chi connectivity index (χ1v) is 10.1. The molecule has 0 spiro atoms. The van der Waals surface area contributed by atoms with Crippen LogP contribution in [0.2, 0.25) is 0 Å². The molecule has 3 amide bonds. The molecule has 5 atom stereocenters. The molecule has 0 radical (unpaired) electrons. The molecule has 0 aromatic carbocycles. The standard InChI is InChI=1S/C18H33N7O6/c1-9(19)14(27)24-13(10(2)26)16(29)25-8-4-6-12(25)15(28)23-11(17(30)31)5-3-7-22-18(20)21/h9-13,26H,3-8,19H2,1-2H3,(H,23,28)(H,24,27)(H,30,31)(H4,20,21,22). The average molecular weight is 444 g/mol. The van der Waals surface area contributed by atoms with E-state index in [0.29, 0.717) is 19.3 Å². The van der Waals surface area contributed by atoms with Crippen molar-refractivity contribution in [2.45, 2.75) is 69.8 Å². The minimum Gasteiger partial charge on any atom is -0.480 e. The number of guanidine groups is 1. The van der Waals surface area contributed by atoms with Gasteiger partial charge in [0.05, 0.1) is 12.1 Å². The van der Waals surface area contributed by atoms with Gasteiger partial charge in [0.1, 0.15) is 18.1 Å². The predicted octanol–water partition coefficient (Wildman–Crippen LogP) is -3.19. The highest BCUT2D eigenvalue weighted by Crippen LogP contribution is 2.20. The average Bonchev–Trinajstić information content (AvgIpc) is 3.16. The monoisotopic (exact) mass is 443 g/mol. The molecule has 0 aliphatic carbocycles. The lowest BCUT2D eigenvalue weighted by Crippen LogP contribution is -2.59. The number of aliphatic imine (C=N–C) groups is 1. The van der Waals surface area contributed by atoms with E-state index in [1.54, 1.807) is 0 Å². The van der Waals surface area contributed by atoms with E-state index in [-0.39, 0.29) is 25.5 Å². The van der Waals surface area contributed by atoms with Crippen LogP contribution in [-0.4, -0.2) is 88.1 Å². The molecular formula is C18H33N7O6. The summed E-state index contributed by atoms with van der Waals surface area (Å²) in [6.07, 6.45) is 0.0440. The minimum absolute atomic E-state index is 0.0965. The lowest BCUT2D eigenvalue weighted by molar-refractivity contribution is -0.146. The van der Waals surface area contributed by atoms with Crippen LogP contribution in [0.15, 0.2) is 4.99 Å². The first kappa shape index (κ1) is 26.1. The molecule has 1 heterocycles. The Morgan fingerprint density at radius 1 is 1.19 bits per heavy atom. The largest absolute Gasteiger partial charge is 0.480 e. The van der Waals surface area contributed by atoms with Crippen LogP contribution >= 0.6 is 0 Å². The number of amides is 3. The Balaban J connectivity index is 2.83. The molecular weight excluding hydrogens is 410 g/mol. The zero-order valence-corrected chi connectivity index (χ0v) is 17.8. The van der Waals surface area contributed by atoms with Gasteiger partial charge >= 0.3 is 5.97 Å². The summed E-state index contributed by atoms with van der Waals surface area (Å²) >= 11 is 0. The summed E-state index contributed by atoms with van der Waals surface area (Å²) < 4.78 is 0. The van der Waals surface area contributed by atoms with Crippen LogP contribution in [0.3, 0.4) is 0 Å². The Kier molecular flexibility index (Phi) is 10.1. The Morgan fingerprint density at radius 3 is 2.35 bits per heavy atom. The number of hydrogen-bond donors (Lipinski definition) is 7. The second-order valence-corrected chi connectivity index (χ2v) is 7.55. The van der Waals surface area contributed by atoms with Crippen molar-refractivity contribution in [3.8, 4) is 0 Å². The maximum Gasteiger partial charge on any atom is 0.326 e. The maximum absolute atomic E-state index is 12.9. The van der Waals surface area contributed by atoms with Gasteiger partial charge < -0.3 is 42.9 Å². The van der Waals surface area contributed by atoms with Gasteiger partial charge in [-0.3, -0.25) is 19.4 Å². The second kappa shape index (κ2) is 12.1. The van der Waals surface area contributed by atoms with Crippen LogP contribution in [0, 0.1) is 0 Å². The molecule has 176 valence electrons. The van der Waals surface area contributed by atoms with Gasteiger partial charge in [-0.2, -0.15) is 0 Å². The maximum atomic E-state index is 12.9. The van der Waals surface area contributed by atoms with Crippen LogP contribution in [0.4, 0.5) is 0 Å². The summed E-state index contributed by atoms with van der Waals surface area (Å²) in [5.41, 5.74) is 15.9. The topological polar surface area (TPSA) is 226 Å². The fourth-order valence-corrected chi connectivity index (χ4v) is 3.18. The number of nitrogens with one attached hydrogen (secondary N) is 2. The number of aliphatic carboxylic acids is 1. The van der Waals surface area contributed by atoms with Crippen molar-refractivity contribution >= 4 is 29.7 Å². The number of hydrogen-bond acceptors (Lipinski definition) is 7. The molecule has 13 nitrogen and oxygen atoms in total. The Morgan fingerprint density at radius 2 is 1.84 bits per heavy atom. The molecule has 1 rings (SSSR count). The molecule has 0 bridgehead atoms. The second-order valence-electron chi connectivity index (χ2n) is 7.55. The molecule has 5 unspecified atom stereocenters. The van der Waals surface area contributed by atoms with Gasteiger partial charge in [0, 0.05) is 13.1 Å². The summed E-state index contributed by atoms with van der Waals surface area (Å²) in [6.45, 7) is 3.22. The van der Waals surface area contributed by atoms with Crippen molar-refractivity contribution in [1.82, 2.24) is 15.5 Å². The van der Waals surface area contributed by atoms with Crippen LogP contribution in [-0.2, 0) is 19.2 Å². The number of aliphatic hydroxyl groups excluding tert-OH is 1. The summed E-state index contributed by atoms with van der Waals surface area (Å²) in [4.78, 5) is 54.1.